The molecule has 0 bridgehead atoms. The highest BCUT2D eigenvalue weighted by molar-refractivity contribution is 5.81. The van der Waals surface area contributed by atoms with Gasteiger partial charge in [0, 0.05) is 6.04 Å². The Morgan fingerprint density at radius 1 is 1.29 bits per heavy atom. The van der Waals surface area contributed by atoms with Crippen molar-refractivity contribution in [3.8, 4) is 5.75 Å². The second kappa shape index (κ2) is 6.40. The van der Waals surface area contributed by atoms with E-state index in [1.54, 1.807) is 14.0 Å². The van der Waals surface area contributed by atoms with Crippen molar-refractivity contribution in [3.63, 3.8) is 0 Å². The predicted molar refractivity (Wildman–Crippen MR) is 69.4 cm³/mol. The van der Waals surface area contributed by atoms with Crippen LogP contribution < -0.4 is 10.1 Å². The Kier molecular flexibility index (Phi) is 5.16. The van der Waals surface area contributed by atoms with Crippen molar-refractivity contribution in [2.75, 3.05) is 7.11 Å². The molecule has 0 saturated carbocycles. The zero-order chi connectivity index (χ0) is 12.8. The van der Waals surface area contributed by atoms with Crippen LogP contribution in [-0.4, -0.2) is 25.0 Å². The number of methoxy groups -OCH3 is 1. The summed E-state index contributed by atoms with van der Waals surface area (Å²) in [6.45, 7) is 5.72. The SMILES string of the molecule is COc1ccc(CC(NC(C)C)C(C)=O)cc1. The van der Waals surface area contributed by atoms with E-state index in [1.165, 1.54) is 0 Å². The smallest absolute Gasteiger partial charge is 0.147 e. The first kappa shape index (κ1) is 13.7. The molecule has 3 nitrogen and oxygen atoms in total. The van der Waals surface area contributed by atoms with Gasteiger partial charge in [-0.05, 0) is 31.0 Å². The number of carbonyl (C=O) groups excluding carboxylic acids is 1. The molecule has 0 heterocycles. The van der Waals surface area contributed by atoms with Gasteiger partial charge in [0.15, 0.2) is 0 Å². The van der Waals surface area contributed by atoms with E-state index in [0.717, 1.165) is 17.7 Å². The Morgan fingerprint density at radius 2 is 1.88 bits per heavy atom. The molecule has 0 spiro atoms. The van der Waals surface area contributed by atoms with E-state index in [-0.39, 0.29) is 11.8 Å². The molecule has 1 N–H and O–H groups in total. The Labute approximate surface area is 103 Å². The fourth-order valence-electron chi connectivity index (χ4n) is 1.72. The molecule has 1 rings (SSSR count). The first-order chi connectivity index (χ1) is 8.02. The maximum atomic E-state index is 11.5. The van der Waals surface area contributed by atoms with Crippen molar-refractivity contribution in [3.05, 3.63) is 29.8 Å². The summed E-state index contributed by atoms with van der Waals surface area (Å²) in [5, 5.41) is 3.28. The van der Waals surface area contributed by atoms with Crippen LogP contribution in [-0.2, 0) is 11.2 Å². The normalized spacial score (nSPS) is 12.5. The molecule has 17 heavy (non-hydrogen) atoms. The molecule has 0 fully saturated rings. The monoisotopic (exact) mass is 235 g/mol. The molecule has 94 valence electrons. The van der Waals surface area contributed by atoms with Gasteiger partial charge in [-0.3, -0.25) is 4.79 Å². The summed E-state index contributed by atoms with van der Waals surface area (Å²) in [6.07, 6.45) is 0.720. The average Bonchev–Trinajstić information content (AvgIpc) is 2.28. The maximum absolute atomic E-state index is 11.5. The van der Waals surface area contributed by atoms with E-state index in [9.17, 15) is 4.79 Å². The summed E-state index contributed by atoms with van der Waals surface area (Å²) >= 11 is 0. The van der Waals surface area contributed by atoms with E-state index in [4.69, 9.17) is 4.74 Å². The number of nitrogens with one attached hydrogen (secondary N) is 1. The largest absolute Gasteiger partial charge is 0.497 e. The van der Waals surface area contributed by atoms with Gasteiger partial charge in [0.25, 0.3) is 0 Å². The maximum Gasteiger partial charge on any atom is 0.147 e. The molecule has 0 aliphatic rings. The van der Waals surface area contributed by atoms with Crippen LogP contribution >= 0.6 is 0 Å². The summed E-state index contributed by atoms with van der Waals surface area (Å²) in [5.74, 6) is 1.01. The lowest BCUT2D eigenvalue weighted by Gasteiger charge is -2.18. The van der Waals surface area contributed by atoms with Crippen molar-refractivity contribution in [1.82, 2.24) is 5.32 Å². The lowest BCUT2D eigenvalue weighted by atomic mass is 10.0. The zero-order valence-electron chi connectivity index (χ0n) is 11.0. The van der Waals surface area contributed by atoms with Gasteiger partial charge in [0.2, 0.25) is 0 Å². The minimum atomic E-state index is -0.108. The summed E-state index contributed by atoms with van der Waals surface area (Å²) in [6, 6.07) is 8.03. The minimum Gasteiger partial charge on any atom is -0.497 e. The molecule has 1 atom stereocenters. The van der Waals surface area contributed by atoms with Gasteiger partial charge in [0.1, 0.15) is 11.5 Å². The van der Waals surface area contributed by atoms with Gasteiger partial charge >= 0.3 is 0 Å². The highest BCUT2D eigenvalue weighted by Gasteiger charge is 2.15. The van der Waals surface area contributed by atoms with Gasteiger partial charge in [-0.25, -0.2) is 0 Å². The van der Waals surface area contributed by atoms with Gasteiger partial charge in [-0.1, -0.05) is 26.0 Å². The summed E-state index contributed by atoms with van der Waals surface area (Å²) in [4.78, 5) is 11.5. The third kappa shape index (κ3) is 4.57. The highest BCUT2D eigenvalue weighted by Crippen LogP contribution is 2.13. The van der Waals surface area contributed by atoms with Crippen molar-refractivity contribution in [2.45, 2.75) is 39.3 Å². The summed E-state index contributed by atoms with van der Waals surface area (Å²) < 4.78 is 5.10. The molecule has 1 unspecified atom stereocenters. The van der Waals surface area contributed by atoms with Crippen LogP contribution in [0.25, 0.3) is 0 Å². The fraction of sp³-hybridized carbons (Fsp3) is 0.500. The van der Waals surface area contributed by atoms with Crippen molar-refractivity contribution < 1.29 is 9.53 Å². The number of ketones is 1. The number of benzene rings is 1. The average molecular weight is 235 g/mol. The minimum absolute atomic E-state index is 0.108. The Morgan fingerprint density at radius 3 is 2.29 bits per heavy atom. The number of rotatable bonds is 6. The number of Topliss-reactive ketones (excluding diaryl/α,β-unsaturated/α-hetero) is 1. The van der Waals surface area contributed by atoms with Crippen LogP contribution in [0.15, 0.2) is 24.3 Å². The van der Waals surface area contributed by atoms with Crippen LogP contribution in [0.3, 0.4) is 0 Å². The van der Waals surface area contributed by atoms with Crippen LogP contribution in [0.1, 0.15) is 26.3 Å². The van der Waals surface area contributed by atoms with E-state index in [2.05, 4.69) is 5.32 Å². The fourth-order valence-corrected chi connectivity index (χ4v) is 1.72. The van der Waals surface area contributed by atoms with E-state index >= 15 is 0 Å². The first-order valence-electron chi connectivity index (χ1n) is 5.92. The molecule has 0 radical (unpaired) electrons. The topological polar surface area (TPSA) is 38.3 Å². The Hall–Kier alpha value is -1.35. The zero-order valence-corrected chi connectivity index (χ0v) is 11.0. The Bertz CT molecular complexity index is 357. The molecule has 1 aromatic rings. The molecule has 0 saturated heterocycles. The van der Waals surface area contributed by atoms with E-state index in [0.29, 0.717) is 6.04 Å². The third-order valence-electron chi connectivity index (χ3n) is 2.62. The number of ether oxygens (including phenoxy) is 1. The number of hydrogen-bond acceptors (Lipinski definition) is 3. The van der Waals surface area contributed by atoms with Crippen molar-refractivity contribution >= 4 is 5.78 Å². The lowest BCUT2D eigenvalue weighted by Crippen LogP contribution is -2.41. The van der Waals surface area contributed by atoms with Gasteiger partial charge in [-0.2, -0.15) is 0 Å². The third-order valence-corrected chi connectivity index (χ3v) is 2.62. The van der Waals surface area contributed by atoms with Gasteiger partial charge in [0.05, 0.1) is 13.2 Å². The van der Waals surface area contributed by atoms with Crippen LogP contribution in [0, 0.1) is 0 Å². The van der Waals surface area contributed by atoms with E-state index in [1.807, 2.05) is 38.1 Å². The lowest BCUT2D eigenvalue weighted by molar-refractivity contribution is -0.119. The van der Waals surface area contributed by atoms with Crippen LogP contribution in [0.4, 0.5) is 0 Å². The highest BCUT2D eigenvalue weighted by atomic mass is 16.5. The Balaban J connectivity index is 2.68. The molecule has 3 heteroatoms. The number of carbonyl (C=O) groups is 1. The molecular formula is C14H21NO2. The standard InChI is InChI=1S/C14H21NO2/c1-10(2)15-14(11(3)16)9-12-5-7-13(17-4)8-6-12/h5-8,10,14-15H,9H2,1-4H3. The van der Waals surface area contributed by atoms with Crippen molar-refractivity contribution in [2.24, 2.45) is 0 Å². The quantitative estimate of drug-likeness (QED) is 0.821. The first-order valence-corrected chi connectivity index (χ1v) is 5.92. The molecule has 1 aromatic carbocycles. The second-order valence-electron chi connectivity index (χ2n) is 4.54. The summed E-state index contributed by atoms with van der Waals surface area (Å²) in [5.41, 5.74) is 1.14. The molecular weight excluding hydrogens is 214 g/mol. The predicted octanol–water partition coefficient (Wildman–Crippen LogP) is 2.19. The molecule has 0 aliphatic carbocycles. The van der Waals surface area contributed by atoms with Crippen LogP contribution in [0.2, 0.25) is 0 Å². The van der Waals surface area contributed by atoms with Gasteiger partial charge < -0.3 is 10.1 Å². The van der Waals surface area contributed by atoms with Crippen LogP contribution in [0.5, 0.6) is 5.75 Å². The number of hydrogen-bond donors (Lipinski definition) is 1. The van der Waals surface area contributed by atoms with Crippen molar-refractivity contribution in [1.29, 1.82) is 0 Å². The van der Waals surface area contributed by atoms with E-state index < -0.39 is 0 Å². The molecule has 0 amide bonds. The summed E-state index contributed by atoms with van der Waals surface area (Å²) in [7, 11) is 1.65. The molecule has 0 aliphatic heterocycles. The molecule has 0 aromatic heterocycles. The van der Waals surface area contributed by atoms with Gasteiger partial charge in [-0.15, -0.1) is 0 Å². The second-order valence-corrected chi connectivity index (χ2v) is 4.54.